The van der Waals surface area contributed by atoms with Crippen molar-refractivity contribution in [2.45, 2.75) is 0 Å². The fourth-order valence-corrected chi connectivity index (χ4v) is 0.526. The van der Waals surface area contributed by atoms with Gasteiger partial charge in [-0.05, 0) is 0 Å². The highest BCUT2D eigenvalue weighted by Gasteiger charge is 1.97. The zero-order chi connectivity index (χ0) is 12.7. The van der Waals surface area contributed by atoms with Gasteiger partial charge in [0.05, 0.1) is 0 Å². The molecule has 1 rings (SSSR count). The molecule has 0 bridgehead atoms. The molecular weight excluding hydrogens is 264 g/mol. The summed E-state index contributed by atoms with van der Waals surface area (Å²) in [5.74, 6) is 0. The Balaban J connectivity index is 2.00. The Morgan fingerprint density at radius 2 is 0.333 bits per heavy atom. The minimum Gasteiger partial charge on any atom is -0.202 e. The van der Waals surface area contributed by atoms with Gasteiger partial charge in [0.15, 0.2) is 0 Å². The zero-order valence-corrected chi connectivity index (χ0v) is 9.14. The van der Waals surface area contributed by atoms with Crippen molar-refractivity contribution in [3.8, 4) is 0 Å². The minimum absolute atomic E-state index is 0.327. The molecule has 108 valence electrons. The first-order valence-electron chi connectivity index (χ1n) is 4.46. The molecular formula is C6H12O12. The van der Waals surface area contributed by atoms with Gasteiger partial charge in [-0.25, -0.2) is 58.7 Å². The van der Waals surface area contributed by atoms with Crippen LogP contribution in [0.1, 0.15) is 0 Å². The van der Waals surface area contributed by atoms with Crippen LogP contribution >= 0.6 is 0 Å². The molecule has 0 atom stereocenters. The van der Waals surface area contributed by atoms with E-state index in [9.17, 15) is 0 Å². The molecule has 0 N–H and O–H groups in total. The molecule has 1 aliphatic rings. The van der Waals surface area contributed by atoms with Crippen LogP contribution in [0.4, 0.5) is 0 Å². The highest BCUT2D eigenvalue weighted by molar-refractivity contribution is 3.89. The molecule has 1 heterocycles. The van der Waals surface area contributed by atoms with Gasteiger partial charge in [-0.3, -0.25) is 0 Å². The third-order valence-electron chi connectivity index (χ3n) is 1.08. The quantitative estimate of drug-likeness (QED) is 0.528. The first-order valence-corrected chi connectivity index (χ1v) is 4.46. The second-order valence-corrected chi connectivity index (χ2v) is 2.12. The first kappa shape index (κ1) is 15.6. The van der Waals surface area contributed by atoms with E-state index in [1.807, 2.05) is 0 Å². The van der Waals surface area contributed by atoms with Gasteiger partial charge >= 0.3 is 0 Å². The smallest absolute Gasteiger partial charge is 0.202 e. The standard InChI is InChI=1S/C6H12O12/c1-7-9-2-11-13-4-15-17-6-18-16-5-14-12-3-10-8-1/h1-6H2. The Kier molecular flexibility index (Phi) is 11.2. The molecule has 0 unspecified atom stereocenters. The van der Waals surface area contributed by atoms with Gasteiger partial charge in [0.1, 0.15) is 0 Å². The molecule has 0 aliphatic carbocycles. The van der Waals surface area contributed by atoms with Crippen molar-refractivity contribution in [1.29, 1.82) is 0 Å². The van der Waals surface area contributed by atoms with Crippen LogP contribution in [-0.2, 0) is 58.7 Å². The average molecular weight is 276 g/mol. The summed E-state index contributed by atoms with van der Waals surface area (Å²) in [6.45, 7) is -1.96. The van der Waals surface area contributed by atoms with Gasteiger partial charge < -0.3 is 0 Å². The van der Waals surface area contributed by atoms with Crippen LogP contribution in [-0.4, -0.2) is 40.8 Å². The SMILES string of the molecule is C1OOCOOCOOCOOCOOCOO1. The maximum atomic E-state index is 4.41. The van der Waals surface area contributed by atoms with E-state index in [1.54, 1.807) is 0 Å². The van der Waals surface area contributed by atoms with Gasteiger partial charge in [0.25, 0.3) is 0 Å². The Hall–Kier alpha value is -0.480. The summed E-state index contributed by atoms with van der Waals surface area (Å²) in [6, 6.07) is 0. The van der Waals surface area contributed by atoms with Crippen molar-refractivity contribution in [2.24, 2.45) is 0 Å². The van der Waals surface area contributed by atoms with Gasteiger partial charge in [0, 0.05) is 0 Å². The van der Waals surface area contributed by atoms with Gasteiger partial charge in [-0.1, -0.05) is 0 Å². The summed E-state index contributed by atoms with van der Waals surface area (Å²) in [6.07, 6.45) is 0. The Morgan fingerprint density at radius 1 is 0.222 bits per heavy atom. The highest BCUT2D eigenvalue weighted by Crippen LogP contribution is 1.90. The Bertz CT molecular complexity index is 91.6. The Labute approximate surface area is 100 Å². The van der Waals surface area contributed by atoms with Crippen LogP contribution in [0.3, 0.4) is 0 Å². The lowest BCUT2D eigenvalue weighted by atomic mass is 11.4. The van der Waals surface area contributed by atoms with E-state index in [2.05, 4.69) is 58.7 Å². The second kappa shape index (κ2) is 13.0. The van der Waals surface area contributed by atoms with Crippen molar-refractivity contribution in [3.05, 3.63) is 0 Å². The summed E-state index contributed by atoms with van der Waals surface area (Å²) < 4.78 is 0. The van der Waals surface area contributed by atoms with Crippen LogP contribution < -0.4 is 0 Å². The van der Waals surface area contributed by atoms with Crippen LogP contribution in [0.15, 0.2) is 0 Å². The lowest BCUT2D eigenvalue weighted by Crippen LogP contribution is -2.11. The predicted molar refractivity (Wildman–Crippen MR) is 42.2 cm³/mol. The van der Waals surface area contributed by atoms with Gasteiger partial charge in [-0.15, -0.1) is 0 Å². The molecule has 0 radical (unpaired) electrons. The molecule has 0 amide bonds. The summed E-state index contributed by atoms with van der Waals surface area (Å²) in [5.41, 5.74) is 0. The number of rotatable bonds is 0. The van der Waals surface area contributed by atoms with Gasteiger partial charge in [-0.2, -0.15) is 0 Å². The lowest BCUT2D eigenvalue weighted by Gasteiger charge is -2.07. The fourth-order valence-electron chi connectivity index (χ4n) is 0.526. The fraction of sp³-hybridized carbons (Fsp3) is 1.00. The van der Waals surface area contributed by atoms with Crippen LogP contribution in [0.25, 0.3) is 0 Å². The zero-order valence-electron chi connectivity index (χ0n) is 9.14. The maximum Gasteiger partial charge on any atom is 0.214 e. The normalized spacial score (nSPS) is 24.0. The molecule has 12 nitrogen and oxygen atoms in total. The molecule has 0 spiro atoms. The van der Waals surface area contributed by atoms with Crippen LogP contribution in [0, 0.1) is 0 Å². The van der Waals surface area contributed by atoms with Crippen molar-refractivity contribution in [1.82, 2.24) is 0 Å². The van der Waals surface area contributed by atoms with E-state index in [0.717, 1.165) is 0 Å². The third-order valence-corrected chi connectivity index (χ3v) is 1.08. The van der Waals surface area contributed by atoms with Crippen molar-refractivity contribution in [2.75, 3.05) is 40.8 Å². The molecule has 0 aromatic carbocycles. The van der Waals surface area contributed by atoms with E-state index in [-0.39, 0.29) is 40.8 Å². The lowest BCUT2D eigenvalue weighted by molar-refractivity contribution is -0.524. The highest BCUT2D eigenvalue weighted by atomic mass is 17.4. The van der Waals surface area contributed by atoms with Crippen molar-refractivity contribution >= 4 is 0 Å². The molecule has 1 fully saturated rings. The summed E-state index contributed by atoms with van der Waals surface area (Å²) >= 11 is 0. The first-order chi connectivity index (χ1) is 9.00. The van der Waals surface area contributed by atoms with E-state index < -0.39 is 0 Å². The monoisotopic (exact) mass is 276 g/mol. The van der Waals surface area contributed by atoms with Crippen LogP contribution in [0.5, 0.6) is 0 Å². The van der Waals surface area contributed by atoms with E-state index in [1.165, 1.54) is 0 Å². The summed E-state index contributed by atoms with van der Waals surface area (Å²) in [4.78, 5) is 53.0. The molecule has 1 saturated heterocycles. The van der Waals surface area contributed by atoms with Crippen molar-refractivity contribution < 1.29 is 58.7 Å². The molecule has 0 aromatic heterocycles. The minimum atomic E-state index is -0.327. The summed E-state index contributed by atoms with van der Waals surface area (Å²) in [5, 5.41) is 0. The maximum absolute atomic E-state index is 4.41. The van der Waals surface area contributed by atoms with Crippen LogP contribution in [0.2, 0.25) is 0 Å². The third kappa shape index (κ3) is 10.7. The van der Waals surface area contributed by atoms with Gasteiger partial charge in [0.2, 0.25) is 40.8 Å². The number of hydrogen-bond donors (Lipinski definition) is 0. The van der Waals surface area contributed by atoms with E-state index >= 15 is 0 Å². The molecule has 1 aliphatic heterocycles. The molecule has 12 heteroatoms. The van der Waals surface area contributed by atoms with Crippen molar-refractivity contribution in [3.63, 3.8) is 0 Å². The second-order valence-electron chi connectivity index (χ2n) is 2.12. The molecule has 0 aromatic rings. The Morgan fingerprint density at radius 3 is 0.444 bits per heavy atom. The van der Waals surface area contributed by atoms with E-state index in [4.69, 9.17) is 0 Å². The van der Waals surface area contributed by atoms with E-state index in [0.29, 0.717) is 0 Å². The topological polar surface area (TPSA) is 111 Å². The summed E-state index contributed by atoms with van der Waals surface area (Å²) in [7, 11) is 0. The molecule has 0 saturated carbocycles. The number of hydrogen-bond acceptors (Lipinski definition) is 12. The molecule has 18 heavy (non-hydrogen) atoms. The average Bonchev–Trinajstić information content (AvgIpc) is 2.39. The predicted octanol–water partition coefficient (Wildman–Crippen LogP) is -0.566. The largest absolute Gasteiger partial charge is 0.214 e.